The van der Waals surface area contributed by atoms with Crippen molar-refractivity contribution in [2.45, 2.75) is 25.8 Å². The Morgan fingerprint density at radius 2 is 2.11 bits per heavy atom. The predicted octanol–water partition coefficient (Wildman–Crippen LogP) is 1.48. The van der Waals surface area contributed by atoms with Crippen LogP contribution in [-0.2, 0) is 4.79 Å². The molecule has 1 amide bonds. The zero-order valence-corrected chi connectivity index (χ0v) is 10.4. The van der Waals surface area contributed by atoms with Gasteiger partial charge in [0, 0.05) is 12.5 Å². The first-order valence-electron chi connectivity index (χ1n) is 5.90. The fourth-order valence-electron chi connectivity index (χ4n) is 1.35. The molecule has 5 heteroatoms. The zero-order chi connectivity index (χ0) is 13.4. The number of carbonyl (C=O) groups excluding carboxylic acids is 1. The Bertz CT molecular complexity index is 367. The van der Waals surface area contributed by atoms with E-state index in [9.17, 15) is 9.18 Å². The number of nitrogens with one attached hydrogen (secondary N) is 1. The number of carbonyl (C=O) groups is 1. The van der Waals surface area contributed by atoms with E-state index in [0.717, 1.165) is 0 Å². The SMILES string of the molecule is CC(CO)NC(=O)CCCOc1ccc(F)cc1. The first-order chi connectivity index (χ1) is 8.61. The number of ether oxygens (including phenoxy) is 1. The van der Waals surface area contributed by atoms with Crippen molar-refractivity contribution < 1.29 is 19.0 Å². The van der Waals surface area contributed by atoms with Crippen LogP contribution in [0.1, 0.15) is 19.8 Å². The van der Waals surface area contributed by atoms with Crippen LogP contribution in [0.2, 0.25) is 0 Å². The molecule has 0 aliphatic rings. The summed E-state index contributed by atoms with van der Waals surface area (Å²) in [7, 11) is 0. The lowest BCUT2D eigenvalue weighted by Crippen LogP contribution is -2.34. The summed E-state index contributed by atoms with van der Waals surface area (Å²) in [5.74, 6) is 0.166. The highest BCUT2D eigenvalue weighted by Crippen LogP contribution is 2.11. The minimum atomic E-state index is -0.306. The third-order valence-corrected chi connectivity index (χ3v) is 2.31. The summed E-state index contributed by atoms with van der Waals surface area (Å²) < 4.78 is 18.0. The van der Waals surface area contributed by atoms with Crippen LogP contribution >= 0.6 is 0 Å². The second kappa shape index (κ2) is 7.66. The second-order valence-corrected chi connectivity index (χ2v) is 4.06. The van der Waals surface area contributed by atoms with Gasteiger partial charge in [-0.1, -0.05) is 0 Å². The maximum absolute atomic E-state index is 12.6. The molecule has 0 aliphatic heterocycles. The van der Waals surface area contributed by atoms with Gasteiger partial charge in [0.25, 0.3) is 0 Å². The first-order valence-corrected chi connectivity index (χ1v) is 5.90. The molecule has 2 N–H and O–H groups in total. The Kier molecular flexibility index (Phi) is 6.14. The quantitative estimate of drug-likeness (QED) is 0.726. The van der Waals surface area contributed by atoms with Crippen LogP contribution in [0, 0.1) is 5.82 Å². The van der Waals surface area contributed by atoms with Gasteiger partial charge in [0.2, 0.25) is 5.91 Å². The van der Waals surface area contributed by atoms with Gasteiger partial charge in [-0.15, -0.1) is 0 Å². The summed E-state index contributed by atoms with van der Waals surface area (Å²) >= 11 is 0. The van der Waals surface area contributed by atoms with Crippen molar-refractivity contribution in [3.8, 4) is 5.75 Å². The maximum atomic E-state index is 12.6. The van der Waals surface area contributed by atoms with E-state index in [4.69, 9.17) is 9.84 Å². The van der Waals surface area contributed by atoms with Gasteiger partial charge >= 0.3 is 0 Å². The zero-order valence-electron chi connectivity index (χ0n) is 10.4. The molecule has 0 saturated carbocycles. The van der Waals surface area contributed by atoms with E-state index in [0.29, 0.717) is 25.2 Å². The van der Waals surface area contributed by atoms with Gasteiger partial charge < -0.3 is 15.2 Å². The molecular weight excluding hydrogens is 237 g/mol. The standard InChI is InChI=1S/C13H18FNO3/c1-10(9-16)15-13(17)3-2-8-18-12-6-4-11(14)5-7-12/h4-7,10,16H,2-3,8-9H2,1H3,(H,15,17). The van der Waals surface area contributed by atoms with Gasteiger partial charge in [0.05, 0.1) is 13.2 Å². The number of hydrogen-bond donors (Lipinski definition) is 2. The normalized spacial score (nSPS) is 11.9. The lowest BCUT2D eigenvalue weighted by atomic mass is 10.2. The molecular formula is C13H18FNO3. The van der Waals surface area contributed by atoms with Crippen LogP contribution in [0.15, 0.2) is 24.3 Å². The number of aliphatic hydroxyl groups excluding tert-OH is 1. The van der Waals surface area contributed by atoms with E-state index < -0.39 is 0 Å². The van der Waals surface area contributed by atoms with Crippen LogP contribution in [0.4, 0.5) is 4.39 Å². The highest BCUT2D eigenvalue weighted by Gasteiger charge is 2.05. The number of hydrogen-bond acceptors (Lipinski definition) is 3. The van der Waals surface area contributed by atoms with Gasteiger partial charge in [-0.25, -0.2) is 4.39 Å². The lowest BCUT2D eigenvalue weighted by Gasteiger charge is -2.10. The summed E-state index contributed by atoms with van der Waals surface area (Å²) in [6, 6.07) is 5.51. The fraction of sp³-hybridized carbons (Fsp3) is 0.462. The summed E-state index contributed by atoms with van der Waals surface area (Å²) in [6.45, 7) is 2.05. The Labute approximate surface area is 106 Å². The summed E-state index contributed by atoms with van der Waals surface area (Å²) in [5, 5.41) is 11.4. The van der Waals surface area contributed by atoms with Crippen LogP contribution in [-0.4, -0.2) is 30.3 Å². The second-order valence-electron chi connectivity index (χ2n) is 4.06. The summed E-state index contributed by atoms with van der Waals surface area (Å²) in [5.41, 5.74) is 0. The lowest BCUT2D eigenvalue weighted by molar-refractivity contribution is -0.122. The molecule has 1 aromatic rings. The van der Waals surface area contributed by atoms with Crippen molar-refractivity contribution in [3.05, 3.63) is 30.1 Å². The van der Waals surface area contributed by atoms with E-state index in [2.05, 4.69) is 5.32 Å². The van der Waals surface area contributed by atoms with E-state index in [1.807, 2.05) is 0 Å². The molecule has 1 unspecified atom stereocenters. The number of aliphatic hydroxyl groups is 1. The van der Waals surface area contributed by atoms with Gasteiger partial charge in [0.1, 0.15) is 11.6 Å². The van der Waals surface area contributed by atoms with Crippen molar-refractivity contribution >= 4 is 5.91 Å². The van der Waals surface area contributed by atoms with Gasteiger partial charge in [0.15, 0.2) is 0 Å². The molecule has 18 heavy (non-hydrogen) atoms. The molecule has 1 aromatic carbocycles. The average Bonchev–Trinajstić information content (AvgIpc) is 2.36. The summed E-state index contributed by atoms with van der Waals surface area (Å²) in [6.07, 6.45) is 0.910. The number of rotatable bonds is 7. The molecule has 0 aliphatic carbocycles. The molecule has 0 aromatic heterocycles. The van der Waals surface area contributed by atoms with Crippen molar-refractivity contribution in [3.63, 3.8) is 0 Å². The minimum absolute atomic E-state index is 0.0716. The van der Waals surface area contributed by atoms with E-state index in [1.165, 1.54) is 12.1 Å². The highest BCUT2D eigenvalue weighted by atomic mass is 19.1. The molecule has 0 saturated heterocycles. The molecule has 0 radical (unpaired) electrons. The fourth-order valence-corrected chi connectivity index (χ4v) is 1.35. The Hall–Kier alpha value is -1.62. The topological polar surface area (TPSA) is 58.6 Å². The molecule has 1 atom stereocenters. The third kappa shape index (κ3) is 5.63. The van der Waals surface area contributed by atoms with Gasteiger partial charge in [-0.2, -0.15) is 0 Å². The third-order valence-electron chi connectivity index (χ3n) is 2.31. The predicted molar refractivity (Wildman–Crippen MR) is 65.8 cm³/mol. The van der Waals surface area contributed by atoms with Crippen LogP contribution < -0.4 is 10.1 Å². The number of amides is 1. The molecule has 0 fully saturated rings. The number of benzene rings is 1. The van der Waals surface area contributed by atoms with Gasteiger partial charge in [-0.3, -0.25) is 4.79 Å². The minimum Gasteiger partial charge on any atom is -0.494 e. The van der Waals surface area contributed by atoms with Crippen molar-refractivity contribution in [2.75, 3.05) is 13.2 Å². The first kappa shape index (κ1) is 14.4. The Morgan fingerprint density at radius 3 is 2.72 bits per heavy atom. The van der Waals surface area contributed by atoms with E-state index in [-0.39, 0.29) is 24.4 Å². The highest BCUT2D eigenvalue weighted by molar-refractivity contribution is 5.76. The van der Waals surface area contributed by atoms with Gasteiger partial charge in [-0.05, 0) is 37.6 Å². The smallest absolute Gasteiger partial charge is 0.220 e. The maximum Gasteiger partial charge on any atom is 0.220 e. The van der Waals surface area contributed by atoms with Crippen LogP contribution in [0.3, 0.4) is 0 Å². The molecule has 0 bridgehead atoms. The van der Waals surface area contributed by atoms with Crippen molar-refractivity contribution in [1.29, 1.82) is 0 Å². The largest absolute Gasteiger partial charge is 0.494 e. The molecule has 0 spiro atoms. The van der Waals surface area contributed by atoms with Crippen molar-refractivity contribution in [1.82, 2.24) is 5.32 Å². The molecule has 0 heterocycles. The monoisotopic (exact) mass is 255 g/mol. The molecule has 4 nitrogen and oxygen atoms in total. The van der Waals surface area contributed by atoms with Crippen LogP contribution in [0.5, 0.6) is 5.75 Å². The molecule has 100 valence electrons. The Balaban J connectivity index is 2.15. The summed E-state index contributed by atoms with van der Waals surface area (Å²) in [4.78, 5) is 11.3. The van der Waals surface area contributed by atoms with Crippen molar-refractivity contribution in [2.24, 2.45) is 0 Å². The van der Waals surface area contributed by atoms with E-state index in [1.54, 1.807) is 19.1 Å². The Morgan fingerprint density at radius 1 is 1.44 bits per heavy atom. The number of halogens is 1. The average molecular weight is 255 g/mol. The van der Waals surface area contributed by atoms with E-state index >= 15 is 0 Å². The molecule has 1 rings (SSSR count). The van der Waals surface area contributed by atoms with Crippen LogP contribution in [0.25, 0.3) is 0 Å².